The number of nitriles is 1. The molecule has 0 aliphatic carbocycles. The summed E-state index contributed by atoms with van der Waals surface area (Å²) in [5.41, 5.74) is 4.47. The van der Waals surface area contributed by atoms with Crippen molar-refractivity contribution in [1.82, 2.24) is 14.5 Å². The quantitative estimate of drug-likeness (QED) is 0.380. The highest BCUT2D eigenvalue weighted by Crippen LogP contribution is 2.31. The number of benzene rings is 2. The number of aromatic nitrogens is 3. The van der Waals surface area contributed by atoms with Crippen LogP contribution in [0.1, 0.15) is 28.5 Å². The van der Waals surface area contributed by atoms with Crippen molar-refractivity contribution in [3.63, 3.8) is 0 Å². The fourth-order valence-corrected chi connectivity index (χ4v) is 3.57. The van der Waals surface area contributed by atoms with Crippen molar-refractivity contribution >= 4 is 11.6 Å². The fourth-order valence-electron chi connectivity index (χ4n) is 3.38. The maximum atomic E-state index is 13.9. The molecule has 0 aliphatic rings. The second-order valence-corrected chi connectivity index (χ2v) is 7.47. The van der Waals surface area contributed by atoms with Crippen LogP contribution in [0.4, 0.5) is 4.39 Å². The molecule has 31 heavy (non-hydrogen) atoms. The Morgan fingerprint density at radius 1 is 1.16 bits per heavy atom. The first-order chi connectivity index (χ1) is 15.0. The minimum atomic E-state index is -0.575. The SMILES string of the molecule is Cn1cncc1C(OCc1cnc(F)cc1-c1cccc(Cl)c1)c1ccc(C#N)cc1. The molecule has 154 valence electrons. The van der Waals surface area contributed by atoms with Crippen LogP contribution in [0.25, 0.3) is 11.1 Å². The highest BCUT2D eigenvalue weighted by atomic mass is 35.5. The van der Waals surface area contributed by atoms with Crippen LogP contribution >= 0.6 is 11.6 Å². The van der Waals surface area contributed by atoms with E-state index in [0.29, 0.717) is 16.1 Å². The Balaban J connectivity index is 1.68. The van der Waals surface area contributed by atoms with Crippen LogP contribution < -0.4 is 0 Å². The average molecular weight is 433 g/mol. The molecule has 4 rings (SSSR count). The first kappa shape index (κ1) is 20.7. The van der Waals surface area contributed by atoms with Gasteiger partial charge < -0.3 is 9.30 Å². The van der Waals surface area contributed by atoms with E-state index in [0.717, 1.165) is 22.4 Å². The normalized spacial score (nSPS) is 11.8. The molecular weight excluding hydrogens is 415 g/mol. The average Bonchev–Trinajstić information content (AvgIpc) is 3.21. The molecule has 2 aromatic heterocycles. The molecule has 0 N–H and O–H groups in total. The molecule has 0 saturated heterocycles. The van der Waals surface area contributed by atoms with Crippen molar-refractivity contribution in [2.75, 3.05) is 0 Å². The van der Waals surface area contributed by atoms with Gasteiger partial charge in [0.2, 0.25) is 5.95 Å². The maximum Gasteiger partial charge on any atom is 0.213 e. The monoisotopic (exact) mass is 432 g/mol. The van der Waals surface area contributed by atoms with Gasteiger partial charge in [-0.2, -0.15) is 9.65 Å². The summed E-state index contributed by atoms with van der Waals surface area (Å²) in [6, 6.07) is 17.9. The Morgan fingerprint density at radius 3 is 2.65 bits per heavy atom. The molecule has 2 heterocycles. The minimum absolute atomic E-state index is 0.185. The predicted molar refractivity (Wildman–Crippen MR) is 116 cm³/mol. The first-order valence-corrected chi connectivity index (χ1v) is 9.91. The van der Waals surface area contributed by atoms with Gasteiger partial charge in [0, 0.05) is 29.9 Å². The van der Waals surface area contributed by atoms with Crippen LogP contribution in [0.3, 0.4) is 0 Å². The fraction of sp³-hybridized carbons (Fsp3) is 0.125. The molecule has 5 nitrogen and oxygen atoms in total. The van der Waals surface area contributed by atoms with Crippen molar-refractivity contribution in [3.05, 3.63) is 107 Å². The van der Waals surface area contributed by atoms with E-state index in [1.54, 1.807) is 36.8 Å². The van der Waals surface area contributed by atoms with E-state index < -0.39 is 12.1 Å². The predicted octanol–water partition coefficient (Wildman–Crippen LogP) is 5.45. The van der Waals surface area contributed by atoms with Gasteiger partial charge in [0.05, 0.1) is 36.5 Å². The standard InChI is InChI=1S/C24H18ClFN4O/c1-30-15-28-13-22(30)24(17-7-5-16(11-27)6-8-17)31-14-19-12-29-23(26)10-21(19)18-3-2-4-20(25)9-18/h2-10,12-13,15,24H,14H2,1H3. The minimum Gasteiger partial charge on any atom is -0.362 e. The van der Waals surface area contributed by atoms with Gasteiger partial charge in [-0.3, -0.25) is 0 Å². The summed E-state index contributed by atoms with van der Waals surface area (Å²) in [6.07, 6.45) is 4.48. The van der Waals surface area contributed by atoms with Crippen molar-refractivity contribution in [3.8, 4) is 17.2 Å². The zero-order valence-electron chi connectivity index (χ0n) is 16.7. The van der Waals surface area contributed by atoms with E-state index in [1.807, 2.05) is 35.9 Å². The Morgan fingerprint density at radius 2 is 1.97 bits per heavy atom. The zero-order valence-corrected chi connectivity index (χ0v) is 17.4. The van der Waals surface area contributed by atoms with Gasteiger partial charge >= 0.3 is 0 Å². The van der Waals surface area contributed by atoms with E-state index in [9.17, 15) is 4.39 Å². The molecular formula is C24H18ClFN4O. The molecule has 0 amide bonds. The van der Waals surface area contributed by atoms with Crippen LogP contribution in [-0.4, -0.2) is 14.5 Å². The first-order valence-electron chi connectivity index (χ1n) is 9.53. The summed E-state index contributed by atoms with van der Waals surface area (Å²) in [5, 5.41) is 9.65. The van der Waals surface area contributed by atoms with E-state index in [2.05, 4.69) is 16.0 Å². The van der Waals surface area contributed by atoms with Crippen LogP contribution in [0.15, 0.2) is 73.3 Å². The van der Waals surface area contributed by atoms with E-state index in [-0.39, 0.29) is 6.61 Å². The van der Waals surface area contributed by atoms with Crippen molar-refractivity contribution < 1.29 is 9.13 Å². The number of imidazole rings is 1. The van der Waals surface area contributed by atoms with Gasteiger partial charge in [-0.1, -0.05) is 35.9 Å². The number of nitrogens with zero attached hydrogens (tertiary/aromatic N) is 4. The van der Waals surface area contributed by atoms with Gasteiger partial charge in [0.1, 0.15) is 6.10 Å². The zero-order chi connectivity index (χ0) is 21.8. The second-order valence-electron chi connectivity index (χ2n) is 7.03. The number of hydrogen-bond donors (Lipinski definition) is 0. The molecule has 0 radical (unpaired) electrons. The Hall–Kier alpha value is -3.53. The van der Waals surface area contributed by atoms with E-state index in [1.165, 1.54) is 12.3 Å². The number of halogens is 2. The summed E-state index contributed by atoms with van der Waals surface area (Å²) < 4.78 is 22.1. The lowest BCUT2D eigenvalue weighted by Crippen LogP contribution is -2.11. The third-order valence-electron chi connectivity index (χ3n) is 4.96. The second kappa shape index (κ2) is 9.09. The lowest BCUT2D eigenvalue weighted by molar-refractivity contribution is 0.0622. The third-order valence-corrected chi connectivity index (χ3v) is 5.19. The largest absolute Gasteiger partial charge is 0.362 e. The third kappa shape index (κ3) is 4.64. The molecule has 0 saturated carbocycles. The number of aryl methyl sites for hydroxylation is 1. The Kier molecular flexibility index (Phi) is 6.08. The number of rotatable bonds is 6. The number of pyridine rings is 1. The van der Waals surface area contributed by atoms with Gasteiger partial charge in [-0.15, -0.1) is 0 Å². The summed E-state index contributed by atoms with van der Waals surface area (Å²) in [5.74, 6) is -0.575. The Bertz CT molecular complexity index is 1250. The van der Waals surface area contributed by atoms with Crippen molar-refractivity contribution in [2.24, 2.45) is 7.05 Å². The molecule has 2 aromatic carbocycles. The topological polar surface area (TPSA) is 63.7 Å². The molecule has 4 aromatic rings. The lowest BCUT2D eigenvalue weighted by Gasteiger charge is -2.20. The van der Waals surface area contributed by atoms with Crippen LogP contribution in [-0.2, 0) is 18.4 Å². The van der Waals surface area contributed by atoms with Crippen LogP contribution in [0, 0.1) is 17.3 Å². The summed E-state index contributed by atoms with van der Waals surface area (Å²) in [4.78, 5) is 8.01. The molecule has 0 fully saturated rings. The van der Waals surface area contributed by atoms with Crippen LogP contribution in [0.2, 0.25) is 5.02 Å². The molecule has 7 heteroatoms. The van der Waals surface area contributed by atoms with Gasteiger partial charge in [0.15, 0.2) is 0 Å². The Labute approximate surface area is 184 Å². The highest BCUT2D eigenvalue weighted by Gasteiger charge is 2.20. The summed E-state index contributed by atoms with van der Waals surface area (Å²) >= 11 is 6.13. The molecule has 0 spiro atoms. The van der Waals surface area contributed by atoms with Gasteiger partial charge in [0.25, 0.3) is 0 Å². The molecule has 0 bridgehead atoms. The lowest BCUT2D eigenvalue weighted by atomic mass is 10.0. The van der Waals surface area contributed by atoms with Gasteiger partial charge in [-0.05, 0) is 41.0 Å². The molecule has 1 atom stereocenters. The molecule has 1 unspecified atom stereocenters. The molecule has 0 aliphatic heterocycles. The van der Waals surface area contributed by atoms with Gasteiger partial charge in [-0.25, -0.2) is 9.97 Å². The van der Waals surface area contributed by atoms with Crippen molar-refractivity contribution in [2.45, 2.75) is 12.7 Å². The van der Waals surface area contributed by atoms with E-state index >= 15 is 0 Å². The van der Waals surface area contributed by atoms with Crippen LogP contribution in [0.5, 0.6) is 0 Å². The smallest absolute Gasteiger partial charge is 0.213 e. The summed E-state index contributed by atoms with van der Waals surface area (Å²) in [6.45, 7) is 0.185. The van der Waals surface area contributed by atoms with Crippen molar-refractivity contribution in [1.29, 1.82) is 5.26 Å². The number of hydrogen-bond acceptors (Lipinski definition) is 4. The highest BCUT2D eigenvalue weighted by molar-refractivity contribution is 6.30. The van der Waals surface area contributed by atoms with E-state index in [4.69, 9.17) is 21.6 Å². The summed E-state index contributed by atoms with van der Waals surface area (Å²) in [7, 11) is 1.89. The number of ether oxygens (including phenoxy) is 1. The maximum absolute atomic E-state index is 13.9.